The summed E-state index contributed by atoms with van der Waals surface area (Å²) in [5, 5.41) is 31.5. The third-order valence-corrected chi connectivity index (χ3v) is 13.2. The van der Waals surface area contributed by atoms with Crippen LogP contribution in [0.4, 0.5) is 0 Å². The number of hydrogen-bond donors (Lipinski definition) is 3. The monoisotopic (exact) mass is 1080 g/mol. The number of unbranched alkanes of at least 4 members (excludes halogenated alkanes) is 20. The number of allylic oxidation sites excluding steroid dienone is 16. The third-order valence-electron chi connectivity index (χ3n) is 13.2. The van der Waals surface area contributed by atoms with Crippen molar-refractivity contribution in [2.75, 3.05) is 13.2 Å². The summed E-state index contributed by atoms with van der Waals surface area (Å²) in [6, 6.07) is 0. The highest BCUT2D eigenvalue weighted by Crippen LogP contribution is 2.26. The third kappa shape index (κ3) is 42.3. The van der Waals surface area contributed by atoms with Crippen LogP contribution in [-0.2, 0) is 42.9 Å². The fourth-order valence-corrected chi connectivity index (χ4v) is 8.58. The fourth-order valence-electron chi connectivity index (χ4n) is 8.58. The molecule has 0 saturated carbocycles. The lowest BCUT2D eigenvalue weighted by Crippen LogP contribution is -2.61. The van der Waals surface area contributed by atoms with E-state index in [0.717, 1.165) is 122 Å². The SMILES string of the molecule is CC/C=C\C/C=C\C/C=C\C/C=C\C/C=C\CCCCCC(=O)OCC(COC1OC(C(=O)O)C(O)C(O)C1OC(=O)CCCCCCC/C=C\C/C=C\C/C=C\CC)OC(=O)CCCCCCCCCCCCCCC. The second-order valence-corrected chi connectivity index (χ2v) is 20.2. The molecule has 1 heterocycles. The van der Waals surface area contributed by atoms with Crippen LogP contribution < -0.4 is 0 Å². The highest BCUT2D eigenvalue weighted by atomic mass is 16.7. The van der Waals surface area contributed by atoms with Crippen molar-refractivity contribution in [3.63, 3.8) is 0 Å². The number of carbonyl (C=O) groups is 4. The van der Waals surface area contributed by atoms with Gasteiger partial charge in [-0.05, 0) is 96.3 Å². The molecule has 6 atom stereocenters. The van der Waals surface area contributed by atoms with Crippen molar-refractivity contribution in [1.29, 1.82) is 0 Å². The zero-order valence-electron chi connectivity index (χ0n) is 48.2. The Hall–Kier alpha value is -4.36. The minimum Gasteiger partial charge on any atom is -0.479 e. The Morgan fingerprint density at radius 2 is 0.818 bits per heavy atom. The van der Waals surface area contributed by atoms with Crippen LogP contribution in [0.3, 0.4) is 0 Å². The first-order valence-corrected chi connectivity index (χ1v) is 30.2. The van der Waals surface area contributed by atoms with Gasteiger partial charge >= 0.3 is 23.9 Å². The minimum absolute atomic E-state index is 0.0346. The molecule has 0 aliphatic carbocycles. The molecule has 0 spiro atoms. The van der Waals surface area contributed by atoms with Gasteiger partial charge in [-0.3, -0.25) is 14.4 Å². The first-order chi connectivity index (χ1) is 37.6. The zero-order chi connectivity index (χ0) is 56.1. The van der Waals surface area contributed by atoms with Crippen molar-refractivity contribution >= 4 is 23.9 Å². The number of esters is 3. The molecule has 0 aromatic carbocycles. The molecule has 0 radical (unpaired) electrons. The molecular weight excluding hydrogens is 973 g/mol. The van der Waals surface area contributed by atoms with Crippen molar-refractivity contribution < 1.29 is 58.2 Å². The van der Waals surface area contributed by atoms with E-state index in [2.05, 4.69) is 118 Å². The topological polar surface area (TPSA) is 175 Å². The first-order valence-electron chi connectivity index (χ1n) is 30.2. The van der Waals surface area contributed by atoms with E-state index >= 15 is 0 Å². The van der Waals surface area contributed by atoms with Crippen LogP contribution in [0.5, 0.6) is 0 Å². The highest BCUT2D eigenvalue weighted by Gasteiger charge is 2.50. The standard InChI is InChI=1S/C65H106O12/c1-4-7-10-13-16-19-22-25-27-28-29-30-32-34-36-39-42-45-48-51-57(66)73-54-56(75-58(67)52-49-46-43-40-37-33-24-21-18-15-12-9-6-3)55-74-65-63(61(70)60(69)62(77-65)64(71)72)76-59(68)53-50-47-44-41-38-35-31-26-23-20-17-14-11-8-5-2/h7-8,10-11,16-17,19-20,25-27,29-31,34,36,56,60-63,65,69-70H,4-6,9,12-15,18,21-24,28,32-33,35,37-55H2,1-3H3,(H,71,72)/b10-7-,11-8-,19-16-,20-17-,27-25-,30-29-,31-26-,36-34-. The molecule has 1 aliphatic rings. The summed E-state index contributed by atoms with van der Waals surface area (Å²) >= 11 is 0. The molecule has 6 unspecified atom stereocenters. The fraction of sp³-hybridized carbons (Fsp3) is 0.692. The smallest absolute Gasteiger partial charge is 0.335 e. The van der Waals surface area contributed by atoms with Gasteiger partial charge < -0.3 is 39.0 Å². The number of carbonyl (C=O) groups excluding carboxylic acids is 3. The number of hydrogen-bond acceptors (Lipinski definition) is 11. The van der Waals surface area contributed by atoms with Crippen molar-refractivity contribution in [3.05, 3.63) is 97.2 Å². The molecule has 77 heavy (non-hydrogen) atoms. The van der Waals surface area contributed by atoms with Gasteiger partial charge in [-0.15, -0.1) is 0 Å². The zero-order valence-corrected chi connectivity index (χ0v) is 48.2. The summed E-state index contributed by atoms with van der Waals surface area (Å²) in [7, 11) is 0. The molecule has 3 N–H and O–H groups in total. The Morgan fingerprint density at radius 1 is 0.442 bits per heavy atom. The van der Waals surface area contributed by atoms with Crippen molar-refractivity contribution in [2.45, 2.75) is 276 Å². The Labute approximate surface area is 466 Å². The average Bonchev–Trinajstić information content (AvgIpc) is 3.42. The van der Waals surface area contributed by atoms with E-state index in [-0.39, 0.29) is 25.9 Å². The summed E-state index contributed by atoms with van der Waals surface area (Å²) in [4.78, 5) is 51.2. The van der Waals surface area contributed by atoms with Gasteiger partial charge in [0.05, 0.1) is 6.61 Å². The van der Waals surface area contributed by atoms with Gasteiger partial charge in [0.25, 0.3) is 0 Å². The number of aliphatic hydroxyl groups is 2. The maximum absolute atomic E-state index is 13.1. The van der Waals surface area contributed by atoms with Crippen LogP contribution in [0.25, 0.3) is 0 Å². The lowest BCUT2D eigenvalue weighted by Gasteiger charge is -2.40. The van der Waals surface area contributed by atoms with Gasteiger partial charge in [0.2, 0.25) is 0 Å². The lowest BCUT2D eigenvalue weighted by atomic mass is 9.98. The maximum atomic E-state index is 13.1. The van der Waals surface area contributed by atoms with Gasteiger partial charge in [-0.25, -0.2) is 4.79 Å². The molecule has 12 heteroatoms. The quantitative estimate of drug-likeness (QED) is 0.0228. The second kappa shape index (κ2) is 52.3. The summed E-state index contributed by atoms with van der Waals surface area (Å²) < 4.78 is 28.4. The molecule has 12 nitrogen and oxygen atoms in total. The van der Waals surface area contributed by atoms with Gasteiger partial charge in [-0.2, -0.15) is 0 Å². The molecule has 0 aromatic rings. The highest BCUT2D eigenvalue weighted by molar-refractivity contribution is 5.74. The van der Waals surface area contributed by atoms with Crippen LogP contribution in [-0.4, -0.2) is 89.2 Å². The van der Waals surface area contributed by atoms with Crippen LogP contribution in [0.2, 0.25) is 0 Å². The molecule has 0 bridgehead atoms. The number of aliphatic carboxylic acids is 1. The number of aliphatic hydroxyl groups excluding tert-OH is 2. The molecule has 1 rings (SSSR count). The van der Waals surface area contributed by atoms with E-state index in [0.29, 0.717) is 19.3 Å². The molecule has 0 amide bonds. The summed E-state index contributed by atoms with van der Waals surface area (Å²) in [6.07, 6.45) is 56.6. The second-order valence-electron chi connectivity index (χ2n) is 20.2. The van der Waals surface area contributed by atoms with Gasteiger partial charge in [0.15, 0.2) is 24.6 Å². The molecule has 1 saturated heterocycles. The van der Waals surface area contributed by atoms with Crippen LogP contribution in [0.1, 0.15) is 239 Å². The van der Waals surface area contributed by atoms with Crippen molar-refractivity contribution in [1.82, 2.24) is 0 Å². The number of ether oxygens (including phenoxy) is 5. The molecule has 0 aromatic heterocycles. The summed E-state index contributed by atoms with van der Waals surface area (Å²) in [6.45, 7) is 5.73. The number of rotatable bonds is 50. The number of carboxylic acids is 1. The van der Waals surface area contributed by atoms with E-state index in [1.807, 2.05) is 0 Å². The Balaban J connectivity index is 2.71. The molecule has 1 aliphatic heterocycles. The molecular formula is C65H106O12. The van der Waals surface area contributed by atoms with E-state index in [1.165, 1.54) is 57.8 Å². The average molecular weight is 1080 g/mol. The van der Waals surface area contributed by atoms with Crippen LogP contribution in [0.15, 0.2) is 97.2 Å². The van der Waals surface area contributed by atoms with Crippen LogP contribution >= 0.6 is 0 Å². The summed E-state index contributed by atoms with van der Waals surface area (Å²) in [5.41, 5.74) is 0. The predicted molar refractivity (Wildman–Crippen MR) is 312 cm³/mol. The largest absolute Gasteiger partial charge is 0.479 e. The Bertz CT molecular complexity index is 1710. The van der Waals surface area contributed by atoms with Gasteiger partial charge in [0, 0.05) is 19.3 Å². The number of carboxylic acid groups (broad SMARTS) is 1. The Morgan fingerprint density at radius 3 is 1.26 bits per heavy atom. The first kappa shape index (κ1) is 70.7. The lowest BCUT2D eigenvalue weighted by molar-refractivity contribution is -0.301. The van der Waals surface area contributed by atoms with E-state index in [1.54, 1.807) is 0 Å². The van der Waals surface area contributed by atoms with E-state index < -0.39 is 67.3 Å². The predicted octanol–water partition coefficient (Wildman–Crippen LogP) is 15.7. The molecule has 438 valence electrons. The van der Waals surface area contributed by atoms with Gasteiger partial charge in [-0.1, -0.05) is 221 Å². The van der Waals surface area contributed by atoms with Gasteiger partial charge in [0.1, 0.15) is 18.8 Å². The Kier molecular flexibility index (Phi) is 48.0. The van der Waals surface area contributed by atoms with E-state index in [9.17, 15) is 34.5 Å². The molecule has 1 fully saturated rings. The normalized spacial score (nSPS) is 18.7. The minimum atomic E-state index is -1.92. The summed E-state index contributed by atoms with van der Waals surface area (Å²) in [5.74, 6) is -3.19. The maximum Gasteiger partial charge on any atom is 0.335 e. The van der Waals surface area contributed by atoms with Crippen molar-refractivity contribution in [2.24, 2.45) is 0 Å². The van der Waals surface area contributed by atoms with Crippen molar-refractivity contribution in [3.8, 4) is 0 Å². The van der Waals surface area contributed by atoms with Crippen LogP contribution in [0, 0.1) is 0 Å². The van der Waals surface area contributed by atoms with E-state index in [4.69, 9.17) is 23.7 Å².